The Morgan fingerprint density at radius 1 is 1.36 bits per heavy atom. The molecule has 146 valence electrons. The molecular formula is C21H23FN4O2. The van der Waals surface area contributed by atoms with Gasteiger partial charge in [0.1, 0.15) is 11.6 Å². The average molecular weight is 382 g/mol. The summed E-state index contributed by atoms with van der Waals surface area (Å²) in [5.74, 6) is 0.0305. The Bertz CT molecular complexity index is 882. The lowest BCUT2D eigenvalue weighted by molar-refractivity contribution is -0.129. The number of hydrogen-bond donors (Lipinski definition) is 2. The lowest BCUT2D eigenvalue weighted by atomic mass is 9.99. The number of pyridine rings is 1. The standard InChI is InChI=1S/C21H23FN4O2/c1-3-9-23-21(28)15-4-7-20(24-12-15)25-19-8-10-26(14(2)27)13-16-11-17(22)5-6-18(16)19/h3-7,11-12,19H,1,8-10,13H2,2H3,(H,23,28)(H,24,25). The zero-order valence-electron chi connectivity index (χ0n) is 15.7. The quantitative estimate of drug-likeness (QED) is 0.780. The van der Waals surface area contributed by atoms with E-state index in [1.807, 2.05) is 0 Å². The summed E-state index contributed by atoms with van der Waals surface area (Å²) in [5, 5.41) is 6.05. The first-order valence-electron chi connectivity index (χ1n) is 9.13. The van der Waals surface area contributed by atoms with Crippen LogP contribution in [0.2, 0.25) is 0 Å². The van der Waals surface area contributed by atoms with E-state index in [-0.39, 0.29) is 23.7 Å². The third-order valence-corrected chi connectivity index (χ3v) is 4.73. The van der Waals surface area contributed by atoms with Crippen molar-refractivity contribution in [1.29, 1.82) is 0 Å². The van der Waals surface area contributed by atoms with Crippen molar-refractivity contribution >= 4 is 17.6 Å². The summed E-state index contributed by atoms with van der Waals surface area (Å²) in [7, 11) is 0. The molecule has 2 N–H and O–H groups in total. The molecular weight excluding hydrogens is 359 g/mol. The molecule has 0 bridgehead atoms. The van der Waals surface area contributed by atoms with E-state index in [4.69, 9.17) is 0 Å². The summed E-state index contributed by atoms with van der Waals surface area (Å²) >= 11 is 0. The Balaban J connectivity index is 1.79. The van der Waals surface area contributed by atoms with Gasteiger partial charge in [0.05, 0.1) is 11.6 Å². The summed E-state index contributed by atoms with van der Waals surface area (Å²) < 4.78 is 13.7. The molecule has 2 aromatic rings. The molecule has 1 aliphatic heterocycles. The molecule has 0 spiro atoms. The van der Waals surface area contributed by atoms with Gasteiger partial charge >= 0.3 is 0 Å². The van der Waals surface area contributed by atoms with Gasteiger partial charge in [-0.2, -0.15) is 0 Å². The van der Waals surface area contributed by atoms with Gasteiger partial charge < -0.3 is 15.5 Å². The van der Waals surface area contributed by atoms with Crippen LogP contribution >= 0.6 is 0 Å². The Labute approximate surface area is 163 Å². The van der Waals surface area contributed by atoms with Crippen molar-refractivity contribution in [1.82, 2.24) is 15.2 Å². The largest absolute Gasteiger partial charge is 0.363 e. The summed E-state index contributed by atoms with van der Waals surface area (Å²) in [4.78, 5) is 29.8. The molecule has 2 amide bonds. The van der Waals surface area contributed by atoms with E-state index in [0.717, 1.165) is 11.1 Å². The van der Waals surface area contributed by atoms with Gasteiger partial charge in [-0.25, -0.2) is 9.37 Å². The zero-order chi connectivity index (χ0) is 20.1. The van der Waals surface area contributed by atoms with E-state index in [1.165, 1.54) is 25.3 Å². The van der Waals surface area contributed by atoms with Gasteiger partial charge in [-0.1, -0.05) is 12.1 Å². The highest BCUT2D eigenvalue weighted by molar-refractivity contribution is 5.94. The molecule has 1 atom stereocenters. The number of benzene rings is 1. The van der Waals surface area contributed by atoms with E-state index in [1.54, 1.807) is 29.2 Å². The molecule has 1 aromatic heterocycles. The Hall–Kier alpha value is -3.22. The third kappa shape index (κ3) is 4.54. The van der Waals surface area contributed by atoms with Crippen LogP contribution in [0, 0.1) is 5.82 Å². The number of anilines is 1. The highest BCUT2D eigenvalue weighted by atomic mass is 19.1. The Kier molecular flexibility index (Phi) is 6.03. The normalized spacial score (nSPS) is 15.9. The van der Waals surface area contributed by atoms with Crippen LogP contribution in [-0.2, 0) is 11.3 Å². The molecule has 1 unspecified atom stereocenters. The maximum absolute atomic E-state index is 13.7. The van der Waals surface area contributed by atoms with Crippen LogP contribution in [0.3, 0.4) is 0 Å². The first-order valence-corrected chi connectivity index (χ1v) is 9.13. The summed E-state index contributed by atoms with van der Waals surface area (Å²) in [5.41, 5.74) is 2.18. The molecule has 0 saturated heterocycles. The first kappa shape index (κ1) is 19.5. The van der Waals surface area contributed by atoms with Crippen molar-refractivity contribution < 1.29 is 14.0 Å². The smallest absolute Gasteiger partial charge is 0.253 e. The number of fused-ring (bicyclic) bond motifs is 1. The van der Waals surface area contributed by atoms with Crippen LogP contribution in [-0.4, -0.2) is 34.8 Å². The number of amides is 2. The number of hydrogen-bond acceptors (Lipinski definition) is 4. The molecule has 1 aliphatic rings. The van der Waals surface area contributed by atoms with Gasteiger partial charge in [0.15, 0.2) is 0 Å². The van der Waals surface area contributed by atoms with Gasteiger partial charge in [0.2, 0.25) is 5.91 Å². The fourth-order valence-corrected chi connectivity index (χ4v) is 3.25. The molecule has 28 heavy (non-hydrogen) atoms. The Morgan fingerprint density at radius 3 is 2.86 bits per heavy atom. The maximum Gasteiger partial charge on any atom is 0.253 e. The minimum absolute atomic E-state index is 0.0381. The van der Waals surface area contributed by atoms with Crippen LogP contribution in [0.5, 0.6) is 0 Å². The molecule has 1 aromatic carbocycles. The SMILES string of the molecule is C=CCNC(=O)c1ccc(NC2CCN(C(C)=O)Cc3cc(F)ccc32)nc1. The average Bonchev–Trinajstić information content (AvgIpc) is 2.86. The number of aromatic nitrogens is 1. The predicted octanol–water partition coefficient (Wildman–Crippen LogP) is 3.04. The van der Waals surface area contributed by atoms with E-state index in [0.29, 0.717) is 37.4 Å². The number of nitrogens with one attached hydrogen (secondary N) is 2. The number of carbonyl (C=O) groups excluding carboxylic acids is 2. The van der Waals surface area contributed by atoms with Crippen molar-refractivity contribution in [2.75, 3.05) is 18.4 Å². The number of rotatable bonds is 5. The van der Waals surface area contributed by atoms with Crippen LogP contribution in [0.15, 0.2) is 49.2 Å². The van der Waals surface area contributed by atoms with E-state index < -0.39 is 0 Å². The fraction of sp³-hybridized carbons (Fsp3) is 0.286. The highest BCUT2D eigenvalue weighted by Crippen LogP contribution is 2.30. The second kappa shape index (κ2) is 8.65. The second-order valence-electron chi connectivity index (χ2n) is 6.70. The van der Waals surface area contributed by atoms with Gasteiger partial charge in [0.25, 0.3) is 5.91 Å². The second-order valence-corrected chi connectivity index (χ2v) is 6.70. The molecule has 2 heterocycles. The van der Waals surface area contributed by atoms with E-state index >= 15 is 0 Å². The third-order valence-electron chi connectivity index (χ3n) is 4.73. The summed E-state index contributed by atoms with van der Waals surface area (Å²) in [6.45, 7) is 6.42. The predicted molar refractivity (Wildman–Crippen MR) is 105 cm³/mol. The lowest BCUT2D eigenvalue weighted by Gasteiger charge is -2.20. The van der Waals surface area contributed by atoms with Gasteiger partial charge in [-0.05, 0) is 41.8 Å². The molecule has 6 nitrogen and oxygen atoms in total. The van der Waals surface area contributed by atoms with Crippen molar-refractivity contribution in [3.63, 3.8) is 0 Å². The molecule has 3 rings (SSSR count). The van der Waals surface area contributed by atoms with Crippen molar-refractivity contribution in [3.05, 3.63) is 71.7 Å². The molecule has 0 saturated carbocycles. The van der Waals surface area contributed by atoms with E-state index in [2.05, 4.69) is 22.2 Å². The topological polar surface area (TPSA) is 74.3 Å². The maximum atomic E-state index is 13.7. The number of carbonyl (C=O) groups is 2. The monoisotopic (exact) mass is 382 g/mol. The molecule has 0 aliphatic carbocycles. The van der Waals surface area contributed by atoms with E-state index in [9.17, 15) is 14.0 Å². The van der Waals surface area contributed by atoms with Crippen molar-refractivity contribution in [2.24, 2.45) is 0 Å². The lowest BCUT2D eigenvalue weighted by Crippen LogP contribution is -2.28. The number of nitrogens with zero attached hydrogens (tertiary/aromatic N) is 2. The Morgan fingerprint density at radius 2 is 2.18 bits per heavy atom. The molecule has 0 radical (unpaired) electrons. The zero-order valence-corrected chi connectivity index (χ0v) is 15.7. The summed E-state index contributed by atoms with van der Waals surface area (Å²) in [6, 6.07) is 7.97. The van der Waals surface area contributed by atoms with Crippen LogP contribution in [0.4, 0.5) is 10.2 Å². The minimum Gasteiger partial charge on any atom is -0.363 e. The fourth-order valence-electron chi connectivity index (χ4n) is 3.25. The molecule has 0 fully saturated rings. The van der Waals surface area contributed by atoms with Gasteiger partial charge in [-0.3, -0.25) is 9.59 Å². The van der Waals surface area contributed by atoms with Gasteiger partial charge in [-0.15, -0.1) is 6.58 Å². The van der Waals surface area contributed by atoms with Crippen molar-refractivity contribution in [3.8, 4) is 0 Å². The summed E-state index contributed by atoms with van der Waals surface area (Å²) in [6.07, 6.45) is 3.78. The van der Waals surface area contributed by atoms with Crippen LogP contribution in [0.25, 0.3) is 0 Å². The first-order chi connectivity index (χ1) is 13.5. The van der Waals surface area contributed by atoms with Crippen molar-refractivity contribution in [2.45, 2.75) is 25.9 Å². The number of halogens is 1. The van der Waals surface area contributed by atoms with Gasteiger partial charge in [0, 0.05) is 32.8 Å². The minimum atomic E-state index is -0.323. The van der Waals surface area contributed by atoms with Crippen LogP contribution in [0.1, 0.15) is 40.9 Å². The highest BCUT2D eigenvalue weighted by Gasteiger charge is 2.24. The van der Waals surface area contributed by atoms with Crippen LogP contribution < -0.4 is 10.6 Å². The molecule has 7 heteroatoms.